The first-order valence-corrected chi connectivity index (χ1v) is 17.1. The molecule has 8 aromatic carbocycles. The number of hydrogen-bond donors (Lipinski definition) is 1. The Labute approximate surface area is 296 Å². The van der Waals surface area contributed by atoms with Crippen LogP contribution < -0.4 is 15.4 Å². The molecule has 0 spiro atoms. The highest BCUT2D eigenvalue weighted by molar-refractivity contribution is 6.07. The van der Waals surface area contributed by atoms with Crippen molar-refractivity contribution >= 4 is 55.5 Å². The number of nitrogens with two attached hydrogens (primary N) is 1. The summed E-state index contributed by atoms with van der Waals surface area (Å²) in [5.41, 5.74) is 17.4. The van der Waals surface area contributed by atoms with E-state index >= 15 is 0 Å². The molecule has 0 aliphatic rings. The van der Waals surface area contributed by atoms with Crippen LogP contribution in [0, 0.1) is 0 Å². The first kappa shape index (κ1) is 30.3. The van der Waals surface area contributed by atoms with Crippen molar-refractivity contribution in [3.05, 3.63) is 188 Å². The summed E-state index contributed by atoms with van der Waals surface area (Å²) in [5.74, 6) is 0.652. The van der Waals surface area contributed by atoms with Gasteiger partial charge in [-0.15, -0.1) is 0 Å². The van der Waals surface area contributed by atoms with E-state index in [-0.39, 0.29) is 0 Å². The number of fused-ring (bicyclic) bond motifs is 4. The fraction of sp³-hybridized carbons (Fsp3) is 0.0213. The maximum absolute atomic E-state index is 6.39. The zero-order valence-corrected chi connectivity index (χ0v) is 27.9. The summed E-state index contributed by atoms with van der Waals surface area (Å²) in [6.45, 7) is 0.448. The highest BCUT2D eigenvalue weighted by Crippen LogP contribution is 2.40. The van der Waals surface area contributed by atoms with Gasteiger partial charge in [-0.25, -0.2) is 0 Å². The molecule has 9 rings (SSSR count). The van der Waals surface area contributed by atoms with E-state index in [9.17, 15) is 0 Å². The highest BCUT2D eigenvalue weighted by Gasteiger charge is 2.16. The zero-order valence-electron chi connectivity index (χ0n) is 27.9. The van der Waals surface area contributed by atoms with Crippen molar-refractivity contribution in [3.63, 3.8) is 0 Å². The van der Waals surface area contributed by atoms with Crippen molar-refractivity contribution in [2.75, 3.05) is 10.6 Å². The molecular weight excluding hydrogens is 625 g/mol. The van der Waals surface area contributed by atoms with Gasteiger partial charge in [0.1, 0.15) is 23.5 Å². The Morgan fingerprint density at radius 3 is 1.75 bits per heavy atom. The minimum atomic E-state index is 0.448. The normalized spacial score (nSPS) is 11.3. The molecule has 51 heavy (non-hydrogen) atoms. The van der Waals surface area contributed by atoms with Crippen molar-refractivity contribution in [2.45, 2.75) is 6.61 Å². The first-order valence-electron chi connectivity index (χ1n) is 17.1. The maximum atomic E-state index is 6.39. The van der Waals surface area contributed by atoms with Crippen LogP contribution in [0.4, 0.5) is 22.7 Å². The number of anilines is 4. The van der Waals surface area contributed by atoms with Crippen LogP contribution in [0.5, 0.6) is 5.75 Å². The highest BCUT2D eigenvalue weighted by atomic mass is 16.5. The summed E-state index contributed by atoms with van der Waals surface area (Å²) in [7, 11) is 0. The van der Waals surface area contributed by atoms with Gasteiger partial charge in [0.05, 0.1) is 5.69 Å². The van der Waals surface area contributed by atoms with Crippen LogP contribution in [0.2, 0.25) is 0 Å². The van der Waals surface area contributed by atoms with Gasteiger partial charge in [0.2, 0.25) is 0 Å². The summed E-state index contributed by atoms with van der Waals surface area (Å²) in [6.07, 6.45) is 0. The second-order valence-electron chi connectivity index (χ2n) is 12.8. The zero-order chi connectivity index (χ0) is 34.1. The third kappa shape index (κ3) is 5.94. The molecule has 0 aliphatic carbocycles. The van der Waals surface area contributed by atoms with E-state index < -0.39 is 0 Å². The molecule has 4 heteroatoms. The van der Waals surface area contributed by atoms with Gasteiger partial charge in [0, 0.05) is 33.9 Å². The van der Waals surface area contributed by atoms with Gasteiger partial charge < -0.3 is 19.8 Å². The van der Waals surface area contributed by atoms with E-state index in [0.717, 1.165) is 55.7 Å². The molecule has 0 radical (unpaired) electrons. The molecular formula is C47H34N2O2. The second kappa shape index (κ2) is 12.9. The van der Waals surface area contributed by atoms with Crippen LogP contribution in [0.15, 0.2) is 186 Å². The van der Waals surface area contributed by atoms with Gasteiger partial charge in [-0.05, 0) is 93.2 Å². The Balaban J connectivity index is 1.04. The quantitative estimate of drug-likeness (QED) is 0.165. The van der Waals surface area contributed by atoms with E-state index in [1.54, 1.807) is 0 Å². The third-order valence-corrected chi connectivity index (χ3v) is 9.52. The largest absolute Gasteiger partial charge is 0.487 e. The molecule has 1 aromatic heterocycles. The Morgan fingerprint density at radius 2 is 1.02 bits per heavy atom. The minimum Gasteiger partial charge on any atom is -0.487 e. The molecule has 2 N–H and O–H groups in total. The lowest BCUT2D eigenvalue weighted by atomic mass is 10.0. The van der Waals surface area contributed by atoms with Gasteiger partial charge in [0.15, 0.2) is 0 Å². The standard InChI is InChI=1S/C47H34N2O2/c48-44-30-46-43(29-47(44)50-31-32-9-3-1-4-10-32)42-26-20-38(28-45(42)51-46)36-17-23-40(24-18-36)49(41-25-19-34-13-7-8-14-37(34)27-41)39-21-15-35(16-22-39)33-11-5-2-6-12-33/h1-30H,31,48H2. The fourth-order valence-corrected chi connectivity index (χ4v) is 6.86. The Hall–Kier alpha value is -6.78. The topological polar surface area (TPSA) is 51.6 Å². The number of ether oxygens (including phenoxy) is 1. The number of nitrogen functional groups attached to an aromatic ring is 1. The molecule has 0 unspecified atom stereocenters. The van der Waals surface area contributed by atoms with Gasteiger partial charge >= 0.3 is 0 Å². The van der Waals surface area contributed by atoms with Gasteiger partial charge in [-0.1, -0.05) is 121 Å². The van der Waals surface area contributed by atoms with Crippen LogP contribution in [-0.2, 0) is 6.61 Å². The summed E-state index contributed by atoms with van der Waals surface area (Å²) in [5, 5.41) is 4.42. The Morgan fingerprint density at radius 1 is 0.451 bits per heavy atom. The van der Waals surface area contributed by atoms with E-state index in [1.807, 2.05) is 48.5 Å². The van der Waals surface area contributed by atoms with Gasteiger partial charge in [-0.2, -0.15) is 0 Å². The van der Waals surface area contributed by atoms with Crippen LogP contribution in [0.25, 0.3) is 55.0 Å². The van der Waals surface area contributed by atoms with Crippen molar-refractivity contribution in [3.8, 4) is 28.0 Å². The Kier molecular flexibility index (Phi) is 7.67. The number of nitrogens with zero attached hydrogens (tertiary/aromatic N) is 1. The van der Waals surface area contributed by atoms with Crippen molar-refractivity contribution in [2.24, 2.45) is 0 Å². The van der Waals surface area contributed by atoms with E-state index in [1.165, 1.54) is 21.9 Å². The van der Waals surface area contributed by atoms with E-state index in [0.29, 0.717) is 18.0 Å². The molecule has 4 nitrogen and oxygen atoms in total. The molecule has 0 aliphatic heterocycles. The Bertz CT molecular complexity index is 2630. The number of rotatable bonds is 8. The summed E-state index contributed by atoms with van der Waals surface area (Å²) in [4.78, 5) is 2.31. The van der Waals surface area contributed by atoms with E-state index in [4.69, 9.17) is 14.9 Å². The lowest BCUT2D eigenvalue weighted by Gasteiger charge is -2.26. The third-order valence-electron chi connectivity index (χ3n) is 9.52. The molecule has 244 valence electrons. The van der Waals surface area contributed by atoms with Gasteiger partial charge in [0.25, 0.3) is 0 Å². The lowest BCUT2D eigenvalue weighted by molar-refractivity contribution is 0.308. The smallest absolute Gasteiger partial charge is 0.143 e. The SMILES string of the molecule is Nc1cc2oc3cc(-c4ccc(N(c5ccc(-c6ccccc6)cc5)c5ccc6ccccc6c5)cc4)ccc3c2cc1OCc1ccccc1. The van der Waals surface area contributed by atoms with Crippen molar-refractivity contribution in [1.29, 1.82) is 0 Å². The fourth-order valence-electron chi connectivity index (χ4n) is 6.86. The minimum absolute atomic E-state index is 0.448. The molecule has 9 aromatic rings. The maximum Gasteiger partial charge on any atom is 0.143 e. The van der Waals surface area contributed by atoms with Crippen LogP contribution in [-0.4, -0.2) is 0 Å². The van der Waals surface area contributed by atoms with E-state index in [2.05, 4.69) is 138 Å². The predicted octanol–water partition coefficient (Wildman–Crippen LogP) is 12.7. The average Bonchev–Trinajstić information content (AvgIpc) is 3.54. The molecule has 0 bridgehead atoms. The molecule has 0 saturated carbocycles. The number of furan rings is 1. The summed E-state index contributed by atoms with van der Waals surface area (Å²) >= 11 is 0. The van der Waals surface area contributed by atoms with Crippen LogP contribution in [0.1, 0.15) is 5.56 Å². The van der Waals surface area contributed by atoms with Crippen molar-refractivity contribution in [1.82, 2.24) is 0 Å². The average molecular weight is 659 g/mol. The van der Waals surface area contributed by atoms with Crippen LogP contribution in [0.3, 0.4) is 0 Å². The predicted molar refractivity (Wildman–Crippen MR) is 212 cm³/mol. The van der Waals surface area contributed by atoms with Crippen LogP contribution >= 0.6 is 0 Å². The summed E-state index contributed by atoms with van der Waals surface area (Å²) in [6, 6.07) is 63.5. The molecule has 0 atom stereocenters. The molecule has 0 fully saturated rings. The summed E-state index contributed by atoms with van der Waals surface area (Å²) < 4.78 is 12.4. The number of hydrogen-bond acceptors (Lipinski definition) is 4. The van der Waals surface area contributed by atoms with Crippen molar-refractivity contribution < 1.29 is 9.15 Å². The lowest BCUT2D eigenvalue weighted by Crippen LogP contribution is -2.09. The monoisotopic (exact) mass is 658 g/mol. The van der Waals surface area contributed by atoms with Gasteiger partial charge in [-0.3, -0.25) is 0 Å². The molecule has 0 saturated heterocycles. The number of benzene rings is 8. The first-order chi connectivity index (χ1) is 25.2. The molecule has 1 heterocycles. The molecule has 0 amide bonds. The second-order valence-corrected chi connectivity index (χ2v) is 12.8.